The molecule has 0 aromatic carbocycles. The maximum atomic E-state index is 12.5. The molecule has 9 heteroatoms. The van der Waals surface area contributed by atoms with Gasteiger partial charge >= 0.3 is 6.18 Å². The molecule has 0 aromatic heterocycles. The lowest BCUT2D eigenvalue weighted by molar-refractivity contribution is -0.143. The Labute approximate surface area is 178 Å². The summed E-state index contributed by atoms with van der Waals surface area (Å²) in [6, 6.07) is 0.728. The van der Waals surface area contributed by atoms with Gasteiger partial charge < -0.3 is 15.5 Å². The van der Waals surface area contributed by atoms with Gasteiger partial charge in [0, 0.05) is 38.8 Å². The molecule has 2 unspecified atom stereocenters. The van der Waals surface area contributed by atoms with Crippen LogP contribution in [0.4, 0.5) is 13.2 Å². The molecule has 0 bridgehead atoms. The smallest absolute Gasteiger partial charge is 0.356 e. The van der Waals surface area contributed by atoms with Gasteiger partial charge in [-0.25, -0.2) is 0 Å². The van der Waals surface area contributed by atoms with E-state index in [1.54, 1.807) is 7.05 Å². The van der Waals surface area contributed by atoms with E-state index in [0.717, 1.165) is 25.9 Å². The Morgan fingerprint density at radius 1 is 1.15 bits per heavy atom. The number of hydrogen-bond donors (Lipinski definition) is 2. The number of aliphatic imine (C=N–C) groups is 1. The number of piperidine rings is 1. The van der Waals surface area contributed by atoms with Crippen LogP contribution in [0.1, 0.15) is 45.4 Å². The fourth-order valence-corrected chi connectivity index (χ4v) is 3.87. The van der Waals surface area contributed by atoms with Crippen LogP contribution < -0.4 is 10.6 Å². The van der Waals surface area contributed by atoms with Crippen molar-refractivity contribution >= 4 is 29.9 Å². The summed E-state index contributed by atoms with van der Waals surface area (Å²) in [6.45, 7) is 5.56. The van der Waals surface area contributed by atoms with Crippen molar-refractivity contribution in [3.05, 3.63) is 0 Å². The van der Waals surface area contributed by atoms with E-state index in [0.29, 0.717) is 31.5 Å². The van der Waals surface area contributed by atoms with Crippen molar-refractivity contribution in [2.75, 3.05) is 46.3 Å². The van der Waals surface area contributed by atoms with E-state index in [-0.39, 0.29) is 30.0 Å². The number of halogens is 4. The Hall–Kier alpha value is -0.290. The minimum absolute atomic E-state index is 0. The zero-order valence-electron chi connectivity index (χ0n) is 16.5. The Kier molecular flexibility index (Phi) is 11.3. The van der Waals surface area contributed by atoms with E-state index in [1.807, 2.05) is 0 Å². The molecule has 5 nitrogen and oxygen atoms in total. The number of guanidine groups is 1. The van der Waals surface area contributed by atoms with Crippen LogP contribution in [0.2, 0.25) is 0 Å². The minimum Gasteiger partial charge on any atom is -0.356 e. The summed E-state index contributed by atoms with van der Waals surface area (Å²) in [5.74, 6) is 0.690. The second-order valence-electron chi connectivity index (χ2n) is 7.57. The highest BCUT2D eigenvalue weighted by molar-refractivity contribution is 14.0. The zero-order valence-corrected chi connectivity index (χ0v) is 18.9. The molecule has 2 rings (SSSR count). The van der Waals surface area contributed by atoms with E-state index in [9.17, 15) is 13.2 Å². The average molecular weight is 505 g/mol. The Bertz CT molecular complexity index is 447. The van der Waals surface area contributed by atoms with Crippen molar-refractivity contribution in [1.82, 2.24) is 20.4 Å². The number of likely N-dealkylation sites (tertiary alicyclic amines) is 2. The van der Waals surface area contributed by atoms with Crippen molar-refractivity contribution in [2.45, 2.75) is 63.7 Å². The van der Waals surface area contributed by atoms with E-state index in [2.05, 4.69) is 27.4 Å². The van der Waals surface area contributed by atoms with Crippen LogP contribution in [-0.4, -0.2) is 80.3 Å². The first kappa shape index (κ1) is 24.7. The zero-order chi connectivity index (χ0) is 19.0. The molecular formula is C18H35F3IN5. The van der Waals surface area contributed by atoms with Crippen molar-refractivity contribution in [1.29, 1.82) is 0 Å². The summed E-state index contributed by atoms with van der Waals surface area (Å²) in [6.07, 6.45) is 2.77. The number of alkyl halides is 3. The van der Waals surface area contributed by atoms with Crippen LogP contribution in [0.25, 0.3) is 0 Å². The Morgan fingerprint density at radius 2 is 1.93 bits per heavy atom. The highest BCUT2D eigenvalue weighted by Crippen LogP contribution is 2.20. The van der Waals surface area contributed by atoms with E-state index >= 15 is 0 Å². The number of nitrogens with one attached hydrogen (secondary N) is 2. The van der Waals surface area contributed by atoms with Gasteiger partial charge in [0.1, 0.15) is 0 Å². The van der Waals surface area contributed by atoms with Gasteiger partial charge in [0.2, 0.25) is 0 Å². The molecule has 2 aliphatic heterocycles. The van der Waals surface area contributed by atoms with Crippen LogP contribution in [0.15, 0.2) is 4.99 Å². The number of nitrogens with zero attached hydrogens (tertiary/aromatic N) is 3. The van der Waals surface area contributed by atoms with Crippen LogP contribution in [0.5, 0.6) is 0 Å². The summed E-state index contributed by atoms with van der Waals surface area (Å²) < 4.78 is 37.4. The Balaban J connectivity index is 0.00000364. The van der Waals surface area contributed by atoms with Crippen molar-refractivity contribution in [3.8, 4) is 0 Å². The molecule has 160 valence electrons. The van der Waals surface area contributed by atoms with Gasteiger partial charge in [0.05, 0.1) is 6.54 Å². The first-order valence-corrected chi connectivity index (χ1v) is 9.87. The van der Waals surface area contributed by atoms with Crippen LogP contribution >= 0.6 is 24.0 Å². The molecule has 0 aromatic rings. The summed E-state index contributed by atoms with van der Waals surface area (Å²) in [5.41, 5.74) is 0. The summed E-state index contributed by atoms with van der Waals surface area (Å²) in [4.78, 5) is 8.22. The molecule has 0 saturated carbocycles. The maximum Gasteiger partial charge on any atom is 0.401 e. The van der Waals surface area contributed by atoms with E-state index in [1.165, 1.54) is 30.7 Å². The third-order valence-electron chi connectivity index (χ3n) is 5.34. The molecule has 0 aliphatic carbocycles. The molecule has 27 heavy (non-hydrogen) atoms. The van der Waals surface area contributed by atoms with Gasteiger partial charge in [-0.3, -0.25) is 9.89 Å². The molecule has 2 aliphatic rings. The fraction of sp³-hybridized carbons (Fsp3) is 0.944. The van der Waals surface area contributed by atoms with Crippen LogP contribution in [-0.2, 0) is 0 Å². The lowest BCUT2D eigenvalue weighted by Gasteiger charge is -2.33. The molecule has 2 atom stereocenters. The van der Waals surface area contributed by atoms with Crippen molar-refractivity contribution in [3.63, 3.8) is 0 Å². The minimum atomic E-state index is -4.12. The number of rotatable bonds is 7. The SMILES string of the molecule is CN=C(NCCCCN1CCCCC1C)NC1CCN(CC(F)(F)F)C1.I. The first-order valence-electron chi connectivity index (χ1n) is 9.87. The predicted molar refractivity (Wildman–Crippen MR) is 115 cm³/mol. The molecule has 2 N–H and O–H groups in total. The van der Waals surface area contributed by atoms with Crippen LogP contribution in [0.3, 0.4) is 0 Å². The van der Waals surface area contributed by atoms with Gasteiger partial charge in [-0.15, -0.1) is 24.0 Å². The molecule has 0 amide bonds. The van der Waals surface area contributed by atoms with E-state index in [4.69, 9.17) is 0 Å². The number of unbranched alkanes of at least 4 members (excludes halogenated alkanes) is 1. The third-order valence-corrected chi connectivity index (χ3v) is 5.34. The van der Waals surface area contributed by atoms with E-state index < -0.39 is 12.7 Å². The summed E-state index contributed by atoms with van der Waals surface area (Å²) >= 11 is 0. The first-order chi connectivity index (χ1) is 12.4. The lowest BCUT2D eigenvalue weighted by atomic mass is 10.0. The monoisotopic (exact) mass is 505 g/mol. The Morgan fingerprint density at radius 3 is 2.59 bits per heavy atom. The summed E-state index contributed by atoms with van der Waals surface area (Å²) in [7, 11) is 1.70. The van der Waals surface area contributed by atoms with Gasteiger partial charge in [-0.05, 0) is 52.1 Å². The fourth-order valence-electron chi connectivity index (χ4n) is 3.87. The standard InChI is InChI=1S/C18H34F3N5.HI/c1-15-7-3-5-10-26(15)11-6-4-9-23-17(22-2)24-16-8-12-25(13-16)14-18(19,20)21;/h15-16H,3-14H2,1-2H3,(H2,22,23,24);1H. The maximum absolute atomic E-state index is 12.5. The van der Waals surface area contributed by atoms with Crippen LogP contribution in [0, 0.1) is 0 Å². The lowest BCUT2D eigenvalue weighted by Crippen LogP contribution is -2.45. The highest BCUT2D eigenvalue weighted by atomic mass is 127. The quantitative estimate of drug-likeness (QED) is 0.242. The van der Waals surface area contributed by atoms with Gasteiger partial charge in [-0.1, -0.05) is 6.42 Å². The van der Waals surface area contributed by atoms with Gasteiger partial charge in [0.25, 0.3) is 0 Å². The normalized spacial score (nSPS) is 25.3. The second-order valence-corrected chi connectivity index (χ2v) is 7.57. The molecule has 2 heterocycles. The van der Waals surface area contributed by atoms with Crippen molar-refractivity contribution in [2.24, 2.45) is 4.99 Å². The number of hydrogen-bond acceptors (Lipinski definition) is 3. The predicted octanol–water partition coefficient (Wildman–Crippen LogP) is 3.06. The van der Waals surface area contributed by atoms with Gasteiger partial charge in [-0.2, -0.15) is 13.2 Å². The van der Waals surface area contributed by atoms with Gasteiger partial charge in [0.15, 0.2) is 5.96 Å². The molecule has 0 radical (unpaired) electrons. The summed E-state index contributed by atoms with van der Waals surface area (Å²) in [5, 5.41) is 6.54. The largest absolute Gasteiger partial charge is 0.401 e. The van der Waals surface area contributed by atoms with Crippen molar-refractivity contribution < 1.29 is 13.2 Å². The molecule has 2 fully saturated rings. The molecular weight excluding hydrogens is 470 g/mol. The third kappa shape index (κ3) is 9.65. The second kappa shape index (κ2) is 12.3. The molecule has 0 spiro atoms. The topological polar surface area (TPSA) is 42.9 Å². The average Bonchev–Trinajstić information content (AvgIpc) is 3.00. The molecule has 2 saturated heterocycles. The highest BCUT2D eigenvalue weighted by Gasteiger charge is 2.34.